The average Bonchev–Trinajstić information content (AvgIpc) is 3.19. The van der Waals surface area contributed by atoms with Crippen molar-refractivity contribution in [3.8, 4) is 11.8 Å². The van der Waals surface area contributed by atoms with E-state index in [1.807, 2.05) is 6.07 Å². The summed E-state index contributed by atoms with van der Waals surface area (Å²) in [5.41, 5.74) is 5.45. The molecule has 0 saturated heterocycles. The van der Waals surface area contributed by atoms with Crippen LogP contribution in [0.4, 0.5) is 24.8 Å². The summed E-state index contributed by atoms with van der Waals surface area (Å²) >= 11 is 0. The van der Waals surface area contributed by atoms with Crippen LogP contribution in [-0.2, 0) is 0 Å². The van der Waals surface area contributed by atoms with Crippen molar-refractivity contribution in [2.24, 2.45) is 0 Å². The first kappa shape index (κ1) is 13.3. The number of benzene rings is 1. The Morgan fingerprint density at radius 1 is 1.24 bits per heavy atom. The molecule has 0 spiro atoms. The molecule has 3 N–H and O–H groups in total. The van der Waals surface area contributed by atoms with Gasteiger partial charge in [0.25, 0.3) is 0 Å². The molecule has 1 heterocycles. The van der Waals surface area contributed by atoms with Gasteiger partial charge >= 0.3 is 0 Å². The molecule has 0 aliphatic heterocycles. The zero-order valence-corrected chi connectivity index (χ0v) is 10.7. The van der Waals surface area contributed by atoms with Crippen LogP contribution >= 0.6 is 0 Å². The van der Waals surface area contributed by atoms with Crippen LogP contribution in [0.3, 0.4) is 0 Å². The van der Waals surface area contributed by atoms with E-state index in [9.17, 15) is 13.2 Å². The van der Waals surface area contributed by atoms with Crippen LogP contribution in [0.5, 0.6) is 0 Å². The quantitative estimate of drug-likeness (QED) is 0.851. The van der Waals surface area contributed by atoms with Crippen LogP contribution in [-0.4, -0.2) is 15.8 Å². The topological polar surface area (TPSA) is 79.7 Å². The summed E-state index contributed by atoms with van der Waals surface area (Å²) in [6.07, 6.45) is 1.88. The van der Waals surface area contributed by atoms with Gasteiger partial charge in [0.1, 0.15) is 23.1 Å². The molecular weight excluding hydrogens is 283 g/mol. The third-order valence-electron chi connectivity index (χ3n) is 3.17. The first-order chi connectivity index (χ1) is 10.0. The fourth-order valence-electron chi connectivity index (χ4n) is 1.92. The van der Waals surface area contributed by atoms with Crippen LogP contribution in [0.1, 0.15) is 18.4 Å². The molecule has 21 heavy (non-hydrogen) atoms. The summed E-state index contributed by atoms with van der Waals surface area (Å²) in [6, 6.07) is 3.13. The first-order valence-corrected chi connectivity index (χ1v) is 6.21. The highest BCUT2D eigenvalue weighted by Gasteiger charge is 2.26. The maximum atomic E-state index is 13.8. The number of aromatic nitrogens is 2. The molecule has 2 aromatic rings. The van der Waals surface area contributed by atoms with Gasteiger partial charge in [-0.2, -0.15) is 5.26 Å². The normalized spacial score (nSPS) is 14.0. The molecule has 1 aliphatic rings. The second kappa shape index (κ2) is 4.70. The van der Waals surface area contributed by atoms with Gasteiger partial charge in [0.2, 0.25) is 0 Å². The lowest BCUT2D eigenvalue weighted by Gasteiger charge is -2.06. The molecule has 0 radical (unpaired) electrons. The van der Waals surface area contributed by atoms with E-state index in [2.05, 4.69) is 10.4 Å². The Kier molecular flexibility index (Phi) is 2.97. The Labute approximate surface area is 117 Å². The molecule has 0 unspecified atom stereocenters. The standard InChI is InChI=1S/C13H10F3N5/c14-8-3-10(16)11(4-9(8)15)21-12(18)7(5-17)13(20-21)19-6-1-2-6/h3-4,6H,1-2,18H2,(H,19,20). The molecule has 1 aromatic carbocycles. The number of nitrogens with one attached hydrogen (secondary N) is 1. The summed E-state index contributed by atoms with van der Waals surface area (Å²) < 4.78 is 40.9. The van der Waals surface area contributed by atoms with Gasteiger partial charge in [0.05, 0.1) is 0 Å². The summed E-state index contributed by atoms with van der Waals surface area (Å²) in [6.45, 7) is 0. The predicted molar refractivity (Wildman–Crippen MR) is 69.2 cm³/mol. The largest absolute Gasteiger partial charge is 0.382 e. The Morgan fingerprint density at radius 3 is 2.52 bits per heavy atom. The molecule has 0 atom stereocenters. The van der Waals surface area contributed by atoms with Crippen molar-refractivity contribution in [2.45, 2.75) is 18.9 Å². The molecule has 1 saturated carbocycles. The van der Waals surface area contributed by atoms with E-state index in [1.165, 1.54) is 0 Å². The highest BCUT2D eigenvalue weighted by molar-refractivity contribution is 5.66. The summed E-state index contributed by atoms with van der Waals surface area (Å²) in [5, 5.41) is 16.1. The summed E-state index contributed by atoms with van der Waals surface area (Å²) in [5.74, 6) is -3.48. The number of nitrogens with zero attached hydrogens (tertiary/aromatic N) is 3. The van der Waals surface area contributed by atoms with Gasteiger partial charge in [0.15, 0.2) is 23.3 Å². The number of nitrogen functional groups attached to an aromatic ring is 1. The van der Waals surface area contributed by atoms with Crippen molar-refractivity contribution in [3.63, 3.8) is 0 Å². The summed E-state index contributed by atoms with van der Waals surface area (Å²) in [4.78, 5) is 0. The fourth-order valence-corrected chi connectivity index (χ4v) is 1.92. The van der Waals surface area contributed by atoms with Crippen molar-refractivity contribution in [1.29, 1.82) is 5.26 Å². The smallest absolute Gasteiger partial charge is 0.168 e. The van der Waals surface area contributed by atoms with E-state index in [1.54, 1.807) is 0 Å². The van der Waals surface area contributed by atoms with Crippen molar-refractivity contribution >= 4 is 11.6 Å². The monoisotopic (exact) mass is 293 g/mol. The second-order valence-corrected chi connectivity index (χ2v) is 4.77. The molecule has 3 rings (SSSR count). The maximum Gasteiger partial charge on any atom is 0.168 e. The Bertz CT molecular complexity index is 758. The van der Waals surface area contributed by atoms with Gasteiger partial charge < -0.3 is 11.1 Å². The number of hydrogen-bond donors (Lipinski definition) is 2. The zero-order valence-electron chi connectivity index (χ0n) is 10.7. The van der Waals surface area contributed by atoms with Crippen molar-refractivity contribution in [3.05, 3.63) is 35.1 Å². The lowest BCUT2D eigenvalue weighted by molar-refractivity contribution is 0.491. The highest BCUT2D eigenvalue weighted by Crippen LogP contribution is 2.30. The molecule has 108 valence electrons. The maximum absolute atomic E-state index is 13.8. The minimum absolute atomic E-state index is 0.0473. The van der Waals surface area contributed by atoms with Gasteiger partial charge in [-0.05, 0) is 12.8 Å². The van der Waals surface area contributed by atoms with Crippen LogP contribution in [0.15, 0.2) is 12.1 Å². The van der Waals surface area contributed by atoms with E-state index in [4.69, 9.17) is 11.0 Å². The van der Waals surface area contributed by atoms with Gasteiger partial charge in [-0.15, -0.1) is 5.10 Å². The van der Waals surface area contributed by atoms with E-state index in [0.29, 0.717) is 12.1 Å². The van der Waals surface area contributed by atoms with Gasteiger partial charge in [-0.25, -0.2) is 17.9 Å². The van der Waals surface area contributed by atoms with Crippen LogP contribution in [0, 0.1) is 28.8 Å². The van der Waals surface area contributed by atoms with Gasteiger partial charge in [-0.1, -0.05) is 0 Å². The molecule has 0 bridgehead atoms. The Balaban J connectivity index is 2.12. The van der Waals surface area contributed by atoms with Crippen molar-refractivity contribution in [1.82, 2.24) is 9.78 Å². The molecule has 0 amide bonds. The van der Waals surface area contributed by atoms with E-state index >= 15 is 0 Å². The fraction of sp³-hybridized carbons (Fsp3) is 0.231. The Morgan fingerprint density at radius 2 is 1.90 bits per heavy atom. The number of anilines is 2. The molecule has 1 fully saturated rings. The molecule has 1 aliphatic carbocycles. The number of hydrogen-bond acceptors (Lipinski definition) is 4. The third kappa shape index (κ3) is 2.27. The second-order valence-electron chi connectivity index (χ2n) is 4.77. The number of halogens is 3. The lowest BCUT2D eigenvalue weighted by atomic mass is 10.2. The minimum Gasteiger partial charge on any atom is -0.382 e. The Hall–Kier alpha value is -2.69. The van der Waals surface area contributed by atoms with Crippen LogP contribution < -0.4 is 11.1 Å². The molecule has 8 heteroatoms. The van der Waals surface area contributed by atoms with Crippen molar-refractivity contribution in [2.75, 3.05) is 11.1 Å². The molecule has 1 aromatic heterocycles. The van der Waals surface area contributed by atoms with Gasteiger partial charge in [0, 0.05) is 18.2 Å². The lowest BCUT2D eigenvalue weighted by Crippen LogP contribution is -2.07. The molecular formula is C13H10F3N5. The van der Waals surface area contributed by atoms with Gasteiger partial charge in [-0.3, -0.25) is 0 Å². The SMILES string of the molecule is N#Cc1c(NC2CC2)nn(-c2cc(F)c(F)cc2F)c1N. The van der Waals surface area contributed by atoms with Crippen LogP contribution in [0.2, 0.25) is 0 Å². The predicted octanol–water partition coefficient (Wildman–Crippen LogP) is 2.32. The van der Waals surface area contributed by atoms with E-state index in [-0.39, 0.29) is 28.9 Å². The van der Waals surface area contributed by atoms with E-state index < -0.39 is 17.5 Å². The first-order valence-electron chi connectivity index (χ1n) is 6.21. The zero-order chi connectivity index (χ0) is 15.1. The number of rotatable bonds is 3. The average molecular weight is 293 g/mol. The highest BCUT2D eigenvalue weighted by atomic mass is 19.2. The molecule has 5 nitrogen and oxygen atoms in total. The number of nitriles is 1. The minimum atomic E-state index is -1.31. The van der Waals surface area contributed by atoms with E-state index in [0.717, 1.165) is 17.5 Å². The number of nitrogens with two attached hydrogens (primary N) is 1. The summed E-state index contributed by atoms with van der Waals surface area (Å²) in [7, 11) is 0. The van der Waals surface area contributed by atoms with Crippen LogP contribution in [0.25, 0.3) is 5.69 Å². The van der Waals surface area contributed by atoms with Crippen molar-refractivity contribution < 1.29 is 13.2 Å². The third-order valence-corrected chi connectivity index (χ3v) is 3.17.